The molecule has 1 aliphatic heterocycles. The Morgan fingerprint density at radius 1 is 1.00 bits per heavy atom. The summed E-state index contributed by atoms with van der Waals surface area (Å²) in [5, 5.41) is 14.3. The minimum absolute atomic E-state index is 0.268. The third-order valence-electron chi connectivity index (χ3n) is 5.83. The van der Waals surface area contributed by atoms with Gasteiger partial charge in [-0.15, -0.1) is 5.10 Å². The molecule has 1 saturated heterocycles. The number of hydrogen-bond acceptors (Lipinski definition) is 5. The Morgan fingerprint density at radius 2 is 1.75 bits per heavy atom. The summed E-state index contributed by atoms with van der Waals surface area (Å²) >= 11 is 0. The molecule has 4 rings (SSSR count). The van der Waals surface area contributed by atoms with E-state index in [1.165, 1.54) is 0 Å². The number of piperazine rings is 1. The molecule has 2 heterocycles. The summed E-state index contributed by atoms with van der Waals surface area (Å²) in [7, 11) is 2.18. The van der Waals surface area contributed by atoms with Crippen molar-refractivity contribution in [3.63, 3.8) is 0 Å². The molecule has 0 radical (unpaired) electrons. The first-order chi connectivity index (χ1) is 15.6. The maximum absolute atomic E-state index is 12.3. The molecule has 32 heavy (non-hydrogen) atoms. The van der Waals surface area contributed by atoms with E-state index in [0.29, 0.717) is 5.69 Å². The first-order valence-electron chi connectivity index (χ1n) is 11.1. The zero-order valence-electron chi connectivity index (χ0n) is 18.8. The second kappa shape index (κ2) is 10.4. The van der Waals surface area contributed by atoms with Gasteiger partial charge in [0.1, 0.15) is 0 Å². The zero-order valence-corrected chi connectivity index (χ0v) is 18.8. The molecule has 8 nitrogen and oxygen atoms in total. The van der Waals surface area contributed by atoms with Gasteiger partial charge in [0, 0.05) is 37.6 Å². The molecule has 0 aliphatic carbocycles. The number of para-hydroxylation sites is 1. The van der Waals surface area contributed by atoms with Crippen LogP contribution in [0.4, 0.5) is 16.2 Å². The molecule has 0 unspecified atom stereocenters. The van der Waals surface area contributed by atoms with Crippen LogP contribution in [0.25, 0.3) is 5.69 Å². The second-order valence-corrected chi connectivity index (χ2v) is 8.34. The van der Waals surface area contributed by atoms with Gasteiger partial charge in [-0.3, -0.25) is 0 Å². The lowest BCUT2D eigenvalue weighted by Gasteiger charge is -2.32. The number of amides is 2. The largest absolute Gasteiger partial charge is 0.323 e. The molecule has 1 fully saturated rings. The number of carbonyl (C=O) groups is 1. The summed E-state index contributed by atoms with van der Waals surface area (Å²) in [5.74, 6) is 0. The molecule has 0 saturated carbocycles. The topological polar surface area (TPSA) is 78.3 Å². The van der Waals surface area contributed by atoms with Crippen molar-refractivity contribution in [3.8, 4) is 5.69 Å². The second-order valence-electron chi connectivity index (χ2n) is 8.34. The van der Waals surface area contributed by atoms with Crippen LogP contribution in [0.2, 0.25) is 0 Å². The van der Waals surface area contributed by atoms with Gasteiger partial charge in [0.05, 0.1) is 17.6 Å². The van der Waals surface area contributed by atoms with Crippen LogP contribution in [-0.2, 0) is 6.42 Å². The van der Waals surface area contributed by atoms with Gasteiger partial charge in [0.15, 0.2) is 0 Å². The molecule has 2 amide bonds. The summed E-state index contributed by atoms with van der Waals surface area (Å²) in [4.78, 5) is 17.2. The number of urea groups is 1. The minimum atomic E-state index is -0.268. The average Bonchev–Trinajstić information content (AvgIpc) is 3.26. The molecule has 2 aromatic carbocycles. The van der Waals surface area contributed by atoms with E-state index in [0.717, 1.165) is 68.2 Å². The van der Waals surface area contributed by atoms with Gasteiger partial charge in [0.2, 0.25) is 0 Å². The van der Waals surface area contributed by atoms with E-state index in [-0.39, 0.29) is 6.03 Å². The van der Waals surface area contributed by atoms with Crippen LogP contribution in [-0.4, -0.2) is 70.6 Å². The number of hydrogen-bond donors (Lipinski definition) is 2. The Balaban J connectivity index is 1.26. The van der Waals surface area contributed by atoms with Gasteiger partial charge >= 0.3 is 6.03 Å². The van der Waals surface area contributed by atoms with E-state index in [2.05, 4.69) is 37.8 Å². The highest BCUT2D eigenvalue weighted by molar-refractivity contribution is 6.00. The van der Waals surface area contributed by atoms with Crippen molar-refractivity contribution >= 4 is 17.4 Å². The van der Waals surface area contributed by atoms with E-state index < -0.39 is 0 Å². The van der Waals surface area contributed by atoms with Crippen molar-refractivity contribution in [3.05, 3.63) is 66.0 Å². The van der Waals surface area contributed by atoms with Crippen LogP contribution in [0.1, 0.15) is 17.7 Å². The van der Waals surface area contributed by atoms with Crippen LogP contribution >= 0.6 is 0 Å². The Bertz CT molecular complexity index is 1020. The minimum Gasteiger partial charge on any atom is -0.308 e. The van der Waals surface area contributed by atoms with Crippen LogP contribution in [0.5, 0.6) is 0 Å². The highest BCUT2D eigenvalue weighted by Gasteiger charge is 2.13. The molecular formula is C24H31N7O. The van der Waals surface area contributed by atoms with E-state index in [9.17, 15) is 4.79 Å². The van der Waals surface area contributed by atoms with Crippen molar-refractivity contribution in [2.24, 2.45) is 0 Å². The third-order valence-corrected chi connectivity index (χ3v) is 5.83. The number of aryl methyl sites for hydroxylation is 2. The fraction of sp³-hybridized carbons (Fsp3) is 0.375. The number of rotatable bonds is 7. The van der Waals surface area contributed by atoms with Gasteiger partial charge in [-0.2, -0.15) is 0 Å². The van der Waals surface area contributed by atoms with Gasteiger partial charge in [-0.05, 0) is 69.3 Å². The Hall–Kier alpha value is -3.23. The average molecular weight is 434 g/mol. The molecule has 3 aromatic rings. The lowest BCUT2D eigenvalue weighted by Crippen LogP contribution is -2.44. The Labute approximate surface area is 189 Å². The standard InChI is InChI=1S/C24H31N7O/c1-19-6-3-4-8-23(19)26-24(32)25-20-9-11-22(12-10-20)31-18-21(27-28-31)7-5-13-30-16-14-29(2)15-17-30/h3-4,6,8-12,18H,5,7,13-17H2,1-2H3,(H2,25,26,32). The molecule has 8 heteroatoms. The molecule has 0 spiro atoms. The van der Waals surface area contributed by atoms with Crippen LogP contribution < -0.4 is 10.6 Å². The summed E-state index contributed by atoms with van der Waals surface area (Å²) < 4.78 is 1.78. The number of anilines is 2. The monoisotopic (exact) mass is 433 g/mol. The summed E-state index contributed by atoms with van der Waals surface area (Å²) in [6, 6.07) is 15.0. The quantitative estimate of drug-likeness (QED) is 0.597. The maximum Gasteiger partial charge on any atom is 0.323 e. The number of nitrogens with zero attached hydrogens (tertiary/aromatic N) is 5. The number of likely N-dealkylation sites (N-methyl/N-ethyl adjacent to an activating group) is 1. The fourth-order valence-electron chi connectivity index (χ4n) is 3.79. The molecule has 168 valence electrons. The van der Waals surface area contributed by atoms with Crippen molar-refractivity contribution in [2.75, 3.05) is 50.4 Å². The molecule has 0 bridgehead atoms. The van der Waals surface area contributed by atoms with E-state index in [1.807, 2.05) is 61.7 Å². The van der Waals surface area contributed by atoms with Gasteiger partial charge < -0.3 is 20.4 Å². The number of carbonyl (C=O) groups excluding carboxylic acids is 1. The Morgan fingerprint density at radius 3 is 2.50 bits per heavy atom. The normalized spacial score (nSPS) is 14.9. The van der Waals surface area contributed by atoms with Crippen molar-refractivity contribution in [1.82, 2.24) is 24.8 Å². The summed E-state index contributed by atoms with van der Waals surface area (Å²) in [5.41, 5.74) is 4.44. The number of aromatic nitrogens is 3. The molecule has 1 aliphatic rings. The van der Waals surface area contributed by atoms with E-state index >= 15 is 0 Å². The molecule has 0 atom stereocenters. The Kier molecular flexibility index (Phi) is 7.14. The lowest BCUT2D eigenvalue weighted by atomic mass is 10.2. The zero-order chi connectivity index (χ0) is 22.3. The van der Waals surface area contributed by atoms with Gasteiger partial charge in [0.25, 0.3) is 0 Å². The lowest BCUT2D eigenvalue weighted by molar-refractivity contribution is 0.153. The third kappa shape index (κ3) is 5.93. The van der Waals surface area contributed by atoms with Crippen LogP contribution in [0.3, 0.4) is 0 Å². The molecule has 2 N–H and O–H groups in total. The summed E-state index contributed by atoms with van der Waals surface area (Å²) in [6.45, 7) is 7.65. The molecule has 1 aromatic heterocycles. The van der Waals surface area contributed by atoms with Gasteiger partial charge in [-0.1, -0.05) is 23.4 Å². The smallest absolute Gasteiger partial charge is 0.308 e. The van der Waals surface area contributed by atoms with Crippen molar-refractivity contribution < 1.29 is 4.79 Å². The predicted molar refractivity (Wildman–Crippen MR) is 127 cm³/mol. The van der Waals surface area contributed by atoms with E-state index in [4.69, 9.17) is 0 Å². The number of benzene rings is 2. The fourth-order valence-corrected chi connectivity index (χ4v) is 3.79. The SMILES string of the molecule is Cc1ccccc1NC(=O)Nc1ccc(-n2cc(CCCN3CCN(C)CC3)nn2)cc1. The highest BCUT2D eigenvalue weighted by Crippen LogP contribution is 2.16. The van der Waals surface area contributed by atoms with Crippen molar-refractivity contribution in [1.29, 1.82) is 0 Å². The maximum atomic E-state index is 12.3. The molecular weight excluding hydrogens is 402 g/mol. The number of nitrogens with one attached hydrogen (secondary N) is 2. The van der Waals surface area contributed by atoms with Crippen LogP contribution in [0.15, 0.2) is 54.7 Å². The first kappa shape index (κ1) is 22.0. The predicted octanol–water partition coefficient (Wildman–Crippen LogP) is 3.40. The van der Waals surface area contributed by atoms with Crippen LogP contribution in [0, 0.1) is 6.92 Å². The first-order valence-corrected chi connectivity index (χ1v) is 11.1. The van der Waals surface area contributed by atoms with Gasteiger partial charge in [-0.25, -0.2) is 9.48 Å². The highest BCUT2D eigenvalue weighted by atomic mass is 16.2. The van der Waals surface area contributed by atoms with E-state index in [1.54, 1.807) is 4.68 Å². The van der Waals surface area contributed by atoms with Crippen molar-refractivity contribution in [2.45, 2.75) is 19.8 Å². The summed E-state index contributed by atoms with van der Waals surface area (Å²) in [6.07, 6.45) is 3.99.